The average Bonchev–Trinajstić information content (AvgIpc) is 3.08. The minimum Gasteiger partial charge on any atom is -0.493 e. The van der Waals surface area contributed by atoms with Gasteiger partial charge in [-0.3, -0.25) is 4.99 Å². The van der Waals surface area contributed by atoms with Crippen LogP contribution in [0.15, 0.2) is 23.2 Å². The highest BCUT2D eigenvalue weighted by Gasteiger charge is 2.08. The van der Waals surface area contributed by atoms with E-state index in [9.17, 15) is 0 Å². The van der Waals surface area contributed by atoms with Gasteiger partial charge in [-0.1, -0.05) is 19.1 Å². The van der Waals surface area contributed by atoms with E-state index in [4.69, 9.17) is 14.5 Å². The number of guanidine groups is 1. The van der Waals surface area contributed by atoms with Crippen LogP contribution < -0.4 is 15.4 Å². The Morgan fingerprint density at radius 3 is 2.72 bits per heavy atom. The van der Waals surface area contributed by atoms with Crippen molar-refractivity contribution in [3.05, 3.63) is 44.9 Å². The second kappa shape index (κ2) is 12.4. The molecular formula is C22H34N4O2S. The largest absolute Gasteiger partial charge is 0.493 e. The summed E-state index contributed by atoms with van der Waals surface area (Å²) in [7, 11) is 3.49. The van der Waals surface area contributed by atoms with Gasteiger partial charge in [0.1, 0.15) is 5.75 Å². The summed E-state index contributed by atoms with van der Waals surface area (Å²) in [4.78, 5) is 10.3. The topological polar surface area (TPSA) is 67.8 Å². The lowest BCUT2D eigenvalue weighted by Crippen LogP contribution is -2.37. The van der Waals surface area contributed by atoms with Gasteiger partial charge in [-0.05, 0) is 31.9 Å². The van der Waals surface area contributed by atoms with Gasteiger partial charge in [-0.25, -0.2) is 4.98 Å². The summed E-state index contributed by atoms with van der Waals surface area (Å²) < 4.78 is 11.1. The fraction of sp³-hybridized carbons (Fsp3) is 0.545. The Labute approximate surface area is 178 Å². The molecule has 29 heavy (non-hydrogen) atoms. The number of aromatic nitrogens is 1. The van der Waals surface area contributed by atoms with Crippen LogP contribution in [0.1, 0.15) is 40.1 Å². The van der Waals surface area contributed by atoms with Crippen LogP contribution in [0, 0.1) is 13.8 Å². The maximum Gasteiger partial charge on any atom is 0.191 e. The van der Waals surface area contributed by atoms with Crippen molar-refractivity contribution in [2.45, 2.75) is 46.6 Å². The minimum absolute atomic E-state index is 0.643. The number of rotatable bonds is 11. The molecule has 0 aliphatic heterocycles. The Morgan fingerprint density at radius 2 is 2.03 bits per heavy atom. The van der Waals surface area contributed by atoms with E-state index in [2.05, 4.69) is 54.6 Å². The molecule has 6 nitrogen and oxygen atoms in total. The van der Waals surface area contributed by atoms with E-state index < -0.39 is 0 Å². The fourth-order valence-corrected chi connectivity index (χ4v) is 3.96. The summed E-state index contributed by atoms with van der Waals surface area (Å²) in [5.74, 6) is 1.69. The van der Waals surface area contributed by atoms with E-state index in [1.165, 1.54) is 21.1 Å². The van der Waals surface area contributed by atoms with Gasteiger partial charge in [0, 0.05) is 57.1 Å². The first kappa shape index (κ1) is 23.2. The highest BCUT2D eigenvalue weighted by Crippen LogP contribution is 2.21. The van der Waals surface area contributed by atoms with Gasteiger partial charge >= 0.3 is 0 Å². The Hall–Kier alpha value is -2.12. The Balaban J connectivity index is 1.84. The van der Waals surface area contributed by atoms with Crippen LogP contribution >= 0.6 is 11.3 Å². The number of hydrogen-bond acceptors (Lipinski definition) is 5. The van der Waals surface area contributed by atoms with Crippen molar-refractivity contribution >= 4 is 17.3 Å². The Bertz CT molecular complexity index is 789. The van der Waals surface area contributed by atoms with Crippen LogP contribution in [-0.4, -0.2) is 44.9 Å². The van der Waals surface area contributed by atoms with Crippen LogP contribution in [0.2, 0.25) is 0 Å². The molecule has 0 bridgehead atoms. The van der Waals surface area contributed by atoms with Gasteiger partial charge in [-0.2, -0.15) is 0 Å². The number of aliphatic imine (C=N–C) groups is 1. The van der Waals surface area contributed by atoms with Crippen molar-refractivity contribution in [1.82, 2.24) is 15.6 Å². The van der Waals surface area contributed by atoms with Gasteiger partial charge in [0.05, 0.1) is 17.3 Å². The van der Waals surface area contributed by atoms with Crippen molar-refractivity contribution in [2.24, 2.45) is 4.99 Å². The van der Waals surface area contributed by atoms with Crippen molar-refractivity contribution in [2.75, 3.05) is 33.9 Å². The molecule has 0 saturated heterocycles. The van der Waals surface area contributed by atoms with Gasteiger partial charge in [0.25, 0.3) is 0 Å². The zero-order valence-electron chi connectivity index (χ0n) is 18.3. The van der Waals surface area contributed by atoms with Crippen molar-refractivity contribution < 1.29 is 9.47 Å². The highest BCUT2D eigenvalue weighted by atomic mass is 32.1. The molecule has 0 radical (unpaired) electrons. The van der Waals surface area contributed by atoms with E-state index in [0.29, 0.717) is 19.8 Å². The van der Waals surface area contributed by atoms with E-state index in [0.717, 1.165) is 43.1 Å². The number of benzene rings is 1. The van der Waals surface area contributed by atoms with Gasteiger partial charge < -0.3 is 20.1 Å². The number of hydrogen-bond donors (Lipinski definition) is 2. The third-order valence-corrected chi connectivity index (χ3v) is 5.62. The maximum atomic E-state index is 5.96. The van der Waals surface area contributed by atoms with Crippen LogP contribution in [0.5, 0.6) is 5.75 Å². The fourth-order valence-electron chi connectivity index (χ4n) is 2.94. The standard InChI is InChI=1S/C22H34N4O2S/c1-6-19-17(3)29-21(26-19)10-11-24-22(23-4)25-15-18-9-8-16(2)14-20(18)28-13-7-12-27-5/h8-9,14H,6-7,10-13,15H2,1-5H3,(H2,23,24,25). The number of nitrogens with one attached hydrogen (secondary N) is 2. The summed E-state index contributed by atoms with van der Waals surface area (Å²) in [6.07, 6.45) is 2.76. The predicted octanol–water partition coefficient (Wildman–Crippen LogP) is 3.65. The lowest BCUT2D eigenvalue weighted by Gasteiger charge is -2.15. The predicted molar refractivity (Wildman–Crippen MR) is 121 cm³/mol. The zero-order valence-corrected chi connectivity index (χ0v) is 19.1. The molecule has 0 aliphatic rings. The molecule has 0 atom stereocenters. The van der Waals surface area contributed by atoms with Crippen molar-refractivity contribution in [1.29, 1.82) is 0 Å². The van der Waals surface area contributed by atoms with Crippen LogP contribution in [0.3, 0.4) is 0 Å². The molecule has 1 aromatic carbocycles. The Morgan fingerprint density at radius 1 is 1.21 bits per heavy atom. The summed E-state index contributed by atoms with van der Waals surface area (Å²) in [5, 5.41) is 7.93. The zero-order chi connectivity index (χ0) is 21.1. The molecule has 1 heterocycles. The number of nitrogens with zero attached hydrogens (tertiary/aromatic N) is 2. The van der Waals surface area contributed by atoms with Crippen molar-refractivity contribution in [3.8, 4) is 5.75 Å². The maximum absolute atomic E-state index is 5.96. The molecule has 2 rings (SSSR count). The second-order valence-corrected chi connectivity index (χ2v) is 8.16. The van der Waals surface area contributed by atoms with Gasteiger partial charge in [0.2, 0.25) is 0 Å². The number of methoxy groups -OCH3 is 1. The second-order valence-electron chi connectivity index (χ2n) is 6.87. The number of thiazole rings is 1. The monoisotopic (exact) mass is 418 g/mol. The number of aryl methyl sites for hydroxylation is 3. The molecule has 0 unspecified atom stereocenters. The molecule has 0 aliphatic carbocycles. The third kappa shape index (κ3) is 7.66. The molecule has 0 spiro atoms. The van der Waals surface area contributed by atoms with Crippen LogP contribution in [0.25, 0.3) is 0 Å². The molecule has 0 fully saturated rings. The van der Waals surface area contributed by atoms with E-state index in [1.807, 2.05) is 0 Å². The molecule has 2 N–H and O–H groups in total. The summed E-state index contributed by atoms with van der Waals surface area (Å²) >= 11 is 1.79. The average molecular weight is 419 g/mol. The normalized spacial score (nSPS) is 11.6. The highest BCUT2D eigenvalue weighted by molar-refractivity contribution is 7.11. The SMILES string of the molecule is CCc1nc(CCNC(=NC)NCc2ccc(C)cc2OCCCOC)sc1C. The summed E-state index contributed by atoms with van der Waals surface area (Å²) in [5.41, 5.74) is 3.51. The molecule has 7 heteroatoms. The quantitative estimate of drug-likeness (QED) is 0.331. The van der Waals surface area contributed by atoms with Crippen LogP contribution in [0.4, 0.5) is 0 Å². The lowest BCUT2D eigenvalue weighted by atomic mass is 10.1. The summed E-state index contributed by atoms with van der Waals surface area (Å²) in [6, 6.07) is 6.29. The first-order chi connectivity index (χ1) is 14.1. The summed E-state index contributed by atoms with van der Waals surface area (Å²) in [6.45, 7) is 9.16. The molecule has 0 saturated carbocycles. The minimum atomic E-state index is 0.643. The molecule has 160 valence electrons. The van der Waals surface area contributed by atoms with Crippen molar-refractivity contribution in [3.63, 3.8) is 0 Å². The van der Waals surface area contributed by atoms with E-state index in [1.54, 1.807) is 25.5 Å². The van der Waals surface area contributed by atoms with E-state index >= 15 is 0 Å². The first-order valence-corrected chi connectivity index (χ1v) is 11.0. The number of ether oxygens (including phenoxy) is 2. The van der Waals surface area contributed by atoms with Gasteiger partial charge in [0.15, 0.2) is 5.96 Å². The van der Waals surface area contributed by atoms with Crippen LogP contribution in [-0.2, 0) is 24.1 Å². The van der Waals surface area contributed by atoms with E-state index in [-0.39, 0.29) is 0 Å². The smallest absolute Gasteiger partial charge is 0.191 e. The first-order valence-electron chi connectivity index (χ1n) is 10.2. The molecule has 1 aromatic heterocycles. The lowest BCUT2D eigenvalue weighted by molar-refractivity contribution is 0.172. The van der Waals surface area contributed by atoms with Gasteiger partial charge in [-0.15, -0.1) is 11.3 Å². The molecular weight excluding hydrogens is 384 g/mol. The Kier molecular flexibility index (Phi) is 9.94. The molecule has 0 amide bonds. The molecule has 2 aromatic rings. The third-order valence-electron chi connectivity index (χ3n) is 4.55.